The third-order valence-electron chi connectivity index (χ3n) is 2.16. The number of halogens is 1. The van der Waals surface area contributed by atoms with Crippen LogP contribution in [0.2, 0.25) is 5.02 Å². The van der Waals surface area contributed by atoms with Crippen molar-refractivity contribution in [1.29, 1.82) is 0 Å². The van der Waals surface area contributed by atoms with Crippen LogP contribution in [0.1, 0.15) is 24.3 Å². The second-order valence-corrected chi connectivity index (χ2v) is 4.48. The van der Waals surface area contributed by atoms with Crippen LogP contribution in [0.4, 0.5) is 0 Å². The topological polar surface area (TPSA) is 71.3 Å². The monoisotopic (exact) mass is 244 g/mol. The third-order valence-corrected chi connectivity index (χ3v) is 2.37. The van der Waals surface area contributed by atoms with E-state index in [0.717, 1.165) is 0 Å². The molecule has 6 heteroatoms. The minimum atomic E-state index is -1.31. The SMILES string of the molecule is Cn1cc(Cl)cc1C(=O)NC(C)(C)C(=O)O. The Hall–Kier alpha value is -1.49. The molecule has 1 rings (SSSR count). The molecule has 0 atom stereocenters. The van der Waals surface area contributed by atoms with Gasteiger partial charge in [-0.05, 0) is 19.9 Å². The molecular weight excluding hydrogens is 232 g/mol. The number of amides is 1. The summed E-state index contributed by atoms with van der Waals surface area (Å²) in [5.74, 6) is -1.57. The predicted octanol–water partition coefficient (Wildman–Crippen LogP) is 1.27. The lowest BCUT2D eigenvalue weighted by Gasteiger charge is -2.20. The van der Waals surface area contributed by atoms with Crippen LogP contribution in [-0.4, -0.2) is 27.1 Å². The van der Waals surface area contributed by atoms with Crippen LogP contribution < -0.4 is 5.32 Å². The Morgan fingerprint density at radius 1 is 1.50 bits per heavy atom. The lowest BCUT2D eigenvalue weighted by molar-refractivity contribution is -0.143. The Bertz CT molecular complexity index is 437. The standard InChI is InChI=1S/C10H13ClN2O3/c1-10(2,9(15)16)12-8(14)7-4-6(11)5-13(7)3/h4-5H,1-3H3,(H,12,14)(H,15,16). The van der Waals surface area contributed by atoms with Gasteiger partial charge in [0.1, 0.15) is 11.2 Å². The number of carboxylic acid groups (broad SMARTS) is 1. The smallest absolute Gasteiger partial charge is 0.328 e. The summed E-state index contributed by atoms with van der Waals surface area (Å²) in [6.45, 7) is 2.83. The summed E-state index contributed by atoms with van der Waals surface area (Å²) < 4.78 is 1.54. The van der Waals surface area contributed by atoms with E-state index >= 15 is 0 Å². The molecule has 0 saturated carbocycles. The second-order valence-electron chi connectivity index (χ2n) is 4.04. The molecule has 0 saturated heterocycles. The first-order chi connectivity index (χ1) is 7.24. The van der Waals surface area contributed by atoms with Crippen molar-refractivity contribution < 1.29 is 14.7 Å². The Kier molecular flexibility index (Phi) is 3.28. The lowest BCUT2D eigenvalue weighted by Crippen LogP contribution is -2.50. The van der Waals surface area contributed by atoms with E-state index in [1.54, 1.807) is 13.2 Å². The minimum absolute atomic E-state index is 0.319. The largest absolute Gasteiger partial charge is 0.480 e. The van der Waals surface area contributed by atoms with E-state index < -0.39 is 17.4 Å². The summed E-state index contributed by atoms with van der Waals surface area (Å²) in [7, 11) is 1.66. The lowest BCUT2D eigenvalue weighted by atomic mass is 10.1. The van der Waals surface area contributed by atoms with Gasteiger partial charge in [-0.2, -0.15) is 0 Å². The first-order valence-electron chi connectivity index (χ1n) is 4.62. The van der Waals surface area contributed by atoms with Gasteiger partial charge in [-0.3, -0.25) is 4.79 Å². The molecule has 0 spiro atoms. The van der Waals surface area contributed by atoms with Gasteiger partial charge in [0.05, 0.1) is 5.02 Å². The zero-order valence-electron chi connectivity index (χ0n) is 9.24. The zero-order chi connectivity index (χ0) is 12.5. The van der Waals surface area contributed by atoms with Gasteiger partial charge in [-0.1, -0.05) is 11.6 Å². The highest BCUT2D eigenvalue weighted by Gasteiger charge is 2.30. The van der Waals surface area contributed by atoms with Gasteiger partial charge in [-0.25, -0.2) is 4.79 Å². The summed E-state index contributed by atoms with van der Waals surface area (Å²) in [5, 5.41) is 11.7. The van der Waals surface area contributed by atoms with Crippen molar-refractivity contribution in [2.24, 2.45) is 7.05 Å². The molecule has 0 bridgehead atoms. The molecule has 16 heavy (non-hydrogen) atoms. The molecular formula is C10H13ClN2O3. The van der Waals surface area contributed by atoms with Crippen LogP contribution in [0, 0.1) is 0 Å². The maximum Gasteiger partial charge on any atom is 0.328 e. The molecule has 1 aromatic rings. The van der Waals surface area contributed by atoms with Crippen LogP contribution in [-0.2, 0) is 11.8 Å². The number of nitrogens with one attached hydrogen (secondary N) is 1. The summed E-state index contributed by atoms with van der Waals surface area (Å²) in [6.07, 6.45) is 1.57. The highest BCUT2D eigenvalue weighted by molar-refractivity contribution is 6.31. The van der Waals surface area contributed by atoms with E-state index in [4.69, 9.17) is 16.7 Å². The number of aryl methyl sites for hydroxylation is 1. The van der Waals surface area contributed by atoms with Crippen molar-refractivity contribution in [3.63, 3.8) is 0 Å². The molecule has 1 heterocycles. The first-order valence-corrected chi connectivity index (χ1v) is 4.99. The fourth-order valence-electron chi connectivity index (χ4n) is 1.15. The van der Waals surface area contributed by atoms with E-state index in [2.05, 4.69) is 5.32 Å². The molecule has 0 unspecified atom stereocenters. The van der Waals surface area contributed by atoms with Crippen molar-refractivity contribution in [3.05, 3.63) is 23.0 Å². The van der Waals surface area contributed by atoms with Crippen LogP contribution in [0.3, 0.4) is 0 Å². The van der Waals surface area contributed by atoms with Gasteiger partial charge >= 0.3 is 5.97 Å². The van der Waals surface area contributed by atoms with Crippen LogP contribution in [0.5, 0.6) is 0 Å². The quantitative estimate of drug-likeness (QED) is 0.841. The number of carbonyl (C=O) groups is 2. The summed E-state index contributed by atoms with van der Waals surface area (Å²) in [5.41, 5.74) is -0.993. The van der Waals surface area contributed by atoms with Crippen LogP contribution in [0.25, 0.3) is 0 Å². The normalized spacial score (nSPS) is 11.2. The Morgan fingerprint density at radius 3 is 2.44 bits per heavy atom. The number of aliphatic carboxylic acids is 1. The van der Waals surface area contributed by atoms with E-state index in [1.165, 1.54) is 24.5 Å². The van der Waals surface area contributed by atoms with Crippen molar-refractivity contribution in [2.75, 3.05) is 0 Å². The molecule has 0 aliphatic rings. The van der Waals surface area contributed by atoms with E-state index in [-0.39, 0.29) is 0 Å². The number of carboxylic acids is 1. The van der Waals surface area contributed by atoms with Gasteiger partial charge in [-0.15, -0.1) is 0 Å². The molecule has 1 aromatic heterocycles. The molecule has 5 nitrogen and oxygen atoms in total. The van der Waals surface area contributed by atoms with Crippen LogP contribution in [0.15, 0.2) is 12.3 Å². The number of aromatic nitrogens is 1. The fraction of sp³-hybridized carbons (Fsp3) is 0.400. The van der Waals surface area contributed by atoms with Gasteiger partial charge in [0.15, 0.2) is 0 Å². The molecule has 0 aromatic carbocycles. The Balaban J connectivity index is 2.89. The number of rotatable bonds is 3. The molecule has 0 aliphatic carbocycles. The highest BCUT2D eigenvalue weighted by atomic mass is 35.5. The summed E-state index contributed by atoms with van der Waals surface area (Å²) in [6, 6.07) is 1.48. The summed E-state index contributed by atoms with van der Waals surface area (Å²) in [4.78, 5) is 22.6. The maximum atomic E-state index is 11.7. The van der Waals surface area contributed by atoms with Crippen LogP contribution >= 0.6 is 11.6 Å². The van der Waals surface area contributed by atoms with Gasteiger partial charge in [0.2, 0.25) is 0 Å². The van der Waals surface area contributed by atoms with Crippen molar-refractivity contribution in [1.82, 2.24) is 9.88 Å². The number of carbonyl (C=O) groups excluding carboxylic acids is 1. The van der Waals surface area contributed by atoms with Gasteiger partial charge in [0.25, 0.3) is 5.91 Å². The zero-order valence-corrected chi connectivity index (χ0v) is 10.00. The fourth-order valence-corrected chi connectivity index (χ4v) is 1.40. The van der Waals surface area contributed by atoms with Gasteiger partial charge < -0.3 is 15.0 Å². The average Bonchev–Trinajstić information content (AvgIpc) is 2.44. The number of nitrogens with zero attached hydrogens (tertiary/aromatic N) is 1. The molecule has 0 fully saturated rings. The van der Waals surface area contributed by atoms with E-state index in [1.807, 2.05) is 0 Å². The van der Waals surface area contributed by atoms with Crippen molar-refractivity contribution >= 4 is 23.5 Å². The van der Waals surface area contributed by atoms with Crippen molar-refractivity contribution in [3.8, 4) is 0 Å². The average molecular weight is 245 g/mol. The minimum Gasteiger partial charge on any atom is -0.480 e. The highest BCUT2D eigenvalue weighted by Crippen LogP contribution is 2.13. The summed E-state index contributed by atoms with van der Waals surface area (Å²) >= 11 is 5.73. The third kappa shape index (κ3) is 2.55. The number of hydrogen-bond acceptors (Lipinski definition) is 2. The first kappa shape index (κ1) is 12.6. The molecule has 2 N–H and O–H groups in total. The Labute approximate surface area is 98.0 Å². The van der Waals surface area contributed by atoms with E-state index in [0.29, 0.717) is 10.7 Å². The maximum absolute atomic E-state index is 11.7. The predicted molar refractivity (Wildman–Crippen MR) is 59.6 cm³/mol. The number of hydrogen-bond donors (Lipinski definition) is 2. The molecule has 0 aliphatic heterocycles. The molecule has 0 radical (unpaired) electrons. The van der Waals surface area contributed by atoms with E-state index in [9.17, 15) is 9.59 Å². The van der Waals surface area contributed by atoms with Crippen molar-refractivity contribution in [2.45, 2.75) is 19.4 Å². The van der Waals surface area contributed by atoms with Gasteiger partial charge in [0, 0.05) is 13.2 Å². The molecule has 88 valence electrons. The molecule has 1 amide bonds. The second kappa shape index (κ2) is 4.17. The Morgan fingerprint density at radius 2 is 2.06 bits per heavy atom.